The summed E-state index contributed by atoms with van der Waals surface area (Å²) in [5.74, 6) is 2.80. The van der Waals surface area contributed by atoms with Crippen LogP contribution < -0.4 is 10.6 Å². The van der Waals surface area contributed by atoms with E-state index in [2.05, 4.69) is 48.3 Å². The summed E-state index contributed by atoms with van der Waals surface area (Å²) in [6.07, 6.45) is 2.59. The summed E-state index contributed by atoms with van der Waals surface area (Å²) in [6.45, 7) is 15.7. The van der Waals surface area contributed by atoms with Crippen molar-refractivity contribution in [1.82, 2.24) is 15.6 Å². The molecule has 1 aromatic heterocycles. The van der Waals surface area contributed by atoms with Gasteiger partial charge in [-0.1, -0.05) is 20.8 Å². The number of nitrogens with one attached hydrogen (secondary N) is 2. The number of aromatic nitrogens is 1. The topological polar surface area (TPSA) is 71.7 Å². The van der Waals surface area contributed by atoms with Gasteiger partial charge in [0, 0.05) is 25.6 Å². The number of hydrogen-bond donors (Lipinski definition) is 2. The van der Waals surface area contributed by atoms with Gasteiger partial charge < -0.3 is 19.8 Å². The zero-order valence-electron chi connectivity index (χ0n) is 16.6. The highest BCUT2D eigenvalue weighted by atomic mass is 16.5. The Morgan fingerprint density at radius 3 is 2.64 bits per heavy atom. The summed E-state index contributed by atoms with van der Waals surface area (Å²) >= 11 is 0. The third-order valence-electron chi connectivity index (χ3n) is 4.62. The molecule has 6 heteroatoms. The summed E-state index contributed by atoms with van der Waals surface area (Å²) < 4.78 is 11.7. The van der Waals surface area contributed by atoms with E-state index >= 15 is 0 Å². The molecule has 0 aromatic carbocycles. The molecule has 0 radical (unpaired) electrons. The molecule has 1 aliphatic heterocycles. The molecule has 1 aromatic rings. The Balaban J connectivity index is 1.96. The Morgan fingerprint density at radius 2 is 2.04 bits per heavy atom. The Hall–Kier alpha value is -1.56. The fourth-order valence-electron chi connectivity index (χ4n) is 3.33. The van der Waals surface area contributed by atoms with E-state index in [9.17, 15) is 0 Å². The van der Waals surface area contributed by atoms with Crippen LogP contribution in [0.3, 0.4) is 0 Å². The summed E-state index contributed by atoms with van der Waals surface area (Å²) in [5.41, 5.74) is 1.07. The van der Waals surface area contributed by atoms with Crippen LogP contribution in [0.15, 0.2) is 9.41 Å². The van der Waals surface area contributed by atoms with E-state index in [0.717, 1.165) is 43.5 Å². The van der Waals surface area contributed by atoms with Crippen LogP contribution in [0.5, 0.6) is 0 Å². The summed E-state index contributed by atoms with van der Waals surface area (Å²) in [6, 6.07) is 0. The molecule has 1 fully saturated rings. The van der Waals surface area contributed by atoms with Crippen molar-refractivity contribution in [1.29, 1.82) is 0 Å². The zero-order valence-corrected chi connectivity index (χ0v) is 16.6. The first-order chi connectivity index (χ1) is 11.8. The SMILES string of the molecule is CCNC(=NCc1nc(C)c(C)o1)NCC1CCCOC1C(C)(C)C. The lowest BCUT2D eigenvalue weighted by atomic mass is 9.78. The van der Waals surface area contributed by atoms with Crippen LogP contribution in [-0.4, -0.2) is 36.7 Å². The molecular formula is C19H34N4O2. The Morgan fingerprint density at radius 1 is 1.28 bits per heavy atom. The largest absolute Gasteiger partial charge is 0.444 e. The van der Waals surface area contributed by atoms with E-state index in [1.54, 1.807) is 0 Å². The monoisotopic (exact) mass is 350 g/mol. The van der Waals surface area contributed by atoms with Gasteiger partial charge in [0.2, 0.25) is 5.89 Å². The van der Waals surface area contributed by atoms with Crippen molar-refractivity contribution in [3.05, 3.63) is 17.3 Å². The minimum Gasteiger partial charge on any atom is -0.444 e. The van der Waals surface area contributed by atoms with Crippen molar-refractivity contribution in [2.75, 3.05) is 19.7 Å². The molecule has 142 valence electrons. The third kappa shape index (κ3) is 5.73. The van der Waals surface area contributed by atoms with Gasteiger partial charge >= 0.3 is 0 Å². The molecular weight excluding hydrogens is 316 g/mol. The van der Waals surface area contributed by atoms with Gasteiger partial charge in [-0.05, 0) is 39.0 Å². The number of rotatable bonds is 5. The quantitative estimate of drug-likeness (QED) is 0.630. The van der Waals surface area contributed by atoms with Crippen LogP contribution in [-0.2, 0) is 11.3 Å². The molecule has 1 saturated heterocycles. The molecule has 2 unspecified atom stereocenters. The predicted molar refractivity (Wildman–Crippen MR) is 101 cm³/mol. The van der Waals surface area contributed by atoms with E-state index in [4.69, 9.17) is 9.15 Å². The maximum Gasteiger partial charge on any atom is 0.216 e. The first kappa shape index (κ1) is 19.8. The lowest BCUT2D eigenvalue weighted by Gasteiger charge is -2.40. The molecule has 2 heterocycles. The van der Waals surface area contributed by atoms with Crippen LogP contribution in [0.2, 0.25) is 0 Å². The average molecular weight is 351 g/mol. The molecule has 0 bridgehead atoms. The number of ether oxygens (including phenoxy) is 1. The Labute approximate surface area is 151 Å². The normalized spacial score (nSPS) is 22.1. The van der Waals surface area contributed by atoms with Crippen LogP contribution >= 0.6 is 0 Å². The lowest BCUT2D eigenvalue weighted by molar-refractivity contribution is -0.0835. The van der Waals surface area contributed by atoms with Crippen molar-refractivity contribution in [2.45, 2.75) is 67.0 Å². The second-order valence-electron chi connectivity index (χ2n) is 7.88. The number of oxazole rings is 1. The number of hydrogen-bond acceptors (Lipinski definition) is 4. The highest BCUT2D eigenvalue weighted by Gasteiger charge is 2.35. The summed E-state index contributed by atoms with van der Waals surface area (Å²) in [7, 11) is 0. The molecule has 0 saturated carbocycles. The van der Waals surface area contributed by atoms with Crippen molar-refractivity contribution in [2.24, 2.45) is 16.3 Å². The Kier molecular flexibility index (Phi) is 6.87. The highest BCUT2D eigenvalue weighted by molar-refractivity contribution is 5.79. The predicted octanol–water partition coefficient (Wildman–Crippen LogP) is 3.19. The minimum absolute atomic E-state index is 0.148. The molecule has 0 aliphatic carbocycles. The molecule has 0 spiro atoms. The van der Waals surface area contributed by atoms with Crippen LogP contribution in [0.1, 0.15) is 57.9 Å². The van der Waals surface area contributed by atoms with Crippen molar-refractivity contribution in [3.63, 3.8) is 0 Å². The smallest absolute Gasteiger partial charge is 0.216 e. The van der Waals surface area contributed by atoms with Crippen molar-refractivity contribution >= 4 is 5.96 Å². The number of nitrogens with zero attached hydrogens (tertiary/aromatic N) is 2. The van der Waals surface area contributed by atoms with E-state index in [1.165, 1.54) is 6.42 Å². The molecule has 2 rings (SSSR count). The summed E-state index contributed by atoms with van der Waals surface area (Å²) in [5, 5.41) is 6.77. The fourth-order valence-corrected chi connectivity index (χ4v) is 3.33. The highest BCUT2D eigenvalue weighted by Crippen LogP contribution is 2.33. The zero-order chi connectivity index (χ0) is 18.4. The molecule has 25 heavy (non-hydrogen) atoms. The van der Waals surface area contributed by atoms with Crippen LogP contribution in [0, 0.1) is 25.2 Å². The van der Waals surface area contributed by atoms with Crippen molar-refractivity contribution < 1.29 is 9.15 Å². The van der Waals surface area contributed by atoms with E-state index in [0.29, 0.717) is 18.4 Å². The van der Waals surface area contributed by atoms with Gasteiger partial charge in [0.1, 0.15) is 12.3 Å². The first-order valence-electron chi connectivity index (χ1n) is 9.38. The number of guanidine groups is 1. The van der Waals surface area contributed by atoms with Gasteiger partial charge in [-0.15, -0.1) is 0 Å². The summed E-state index contributed by atoms with van der Waals surface area (Å²) in [4.78, 5) is 8.99. The van der Waals surface area contributed by atoms with Gasteiger partial charge in [0.05, 0.1) is 11.8 Å². The molecule has 2 N–H and O–H groups in total. The average Bonchev–Trinajstić information content (AvgIpc) is 2.88. The molecule has 1 aliphatic rings. The fraction of sp³-hybridized carbons (Fsp3) is 0.789. The van der Waals surface area contributed by atoms with Gasteiger partial charge in [-0.3, -0.25) is 0 Å². The van der Waals surface area contributed by atoms with E-state index in [-0.39, 0.29) is 11.5 Å². The third-order valence-corrected chi connectivity index (χ3v) is 4.62. The molecule has 0 amide bonds. The number of aryl methyl sites for hydroxylation is 2. The molecule has 2 atom stereocenters. The maximum absolute atomic E-state index is 6.07. The van der Waals surface area contributed by atoms with Crippen LogP contribution in [0.4, 0.5) is 0 Å². The van der Waals surface area contributed by atoms with Crippen LogP contribution in [0.25, 0.3) is 0 Å². The van der Waals surface area contributed by atoms with Gasteiger partial charge in [-0.2, -0.15) is 0 Å². The van der Waals surface area contributed by atoms with E-state index < -0.39 is 0 Å². The van der Waals surface area contributed by atoms with Gasteiger partial charge in [0.15, 0.2) is 5.96 Å². The van der Waals surface area contributed by atoms with Gasteiger partial charge in [-0.25, -0.2) is 9.98 Å². The van der Waals surface area contributed by atoms with Gasteiger partial charge in [0.25, 0.3) is 0 Å². The lowest BCUT2D eigenvalue weighted by Crippen LogP contribution is -2.47. The minimum atomic E-state index is 0.148. The second kappa shape index (κ2) is 8.70. The maximum atomic E-state index is 6.07. The first-order valence-corrected chi connectivity index (χ1v) is 9.38. The number of aliphatic imine (C=N–C) groups is 1. The second-order valence-corrected chi connectivity index (χ2v) is 7.88. The Bertz CT molecular complexity index is 555. The van der Waals surface area contributed by atoms with E-state index in [1.807, 2.05) is 13.8 Å². The standard InChI is InChI=1S/C19H34N4O2/c1-7-20-18(22-12-16-23-13(2)14(3)25-16)21-11-15-9-8-10-24-17(15)19(4,5)6/h15,17H,7-12H2,1-6H3,(H2,20,21,22). The van der Waals surface area contributed by atoms with Crippen molar-refractivity contribution in [3.8, 4) is 0 Å². The molecule has 6 nitrogen and oxygen atoms in total.